The molecule has 0 aliphatic heterocycles. The van der Waals surface area contributed by atoms with Crippen LogP contribution in [0, 0.1) is 11.8 Å². The zero-order valence-electron chi connectivity index (χ0n) is 8.77. The maximum absolute atomic E-state index is 3.58. The summed E-state index contributed by atoms with van der Waals surface area (Å²) in [5.74, 6) is 1.91. The lowest BCUT2D eigenvalue weighted by Crippen LogP contribution is -2.32. The van der Waals surface area contributed by atoms with Crippen molar-refractivity contribution in [2.24, 2.45) is 11.8 Å². The van der Waals surface area contributed by atoms with E-state index in [0.29, 0.717) is 0 Å². The molecule has 72 valence electrons. The van der Waals surface area contributed by atoms with Crippen LogP contribution < -0.4 is 5.32 Å². The second kappa shape index (κ2) is 4.86. The zero-order valence-corrected chi connectivity index (χ0v) is 8.77. The smallest absolute Gasteiger partial charge is 0.00953 e. The van der Waals surface area contributed by atoms with Crippen molar-refractivity contribution in [3.63, 3.8) is 0 Å². The van der Waals surface area contributed by atoms with Crippen LogP contribution in [0.1, 0.15) is 46.5 Å². The molecular weight excluding hydrogens is 146 g/mol. The highest BCUT2D eigenvalue weighted by atomic mass is 14.9. The number of nitrogens with one attached hydrogen (secondary N) is 1. The van der Waals surface area contributed by atoms with E-state index < -0.39 is 0 Å². The van der Waals surface area contributed by atoms with Gasteiger partial charge in [0.25, 0.3) is 0 Å². The van der Waals surface area contributed by atoms with Crippen LogP contribution in [-0.4, -0.2) is 12.6 Å². The molecule has 3 atom stereocenters. The Bertz CT molecular complexity index is 108. The van der Waals surface area contributed by atoms with E-state index in [4.69, 9.17) is 0 Å². The second-order valence-corrected chi connectivity index (χ2v) is 4.15. The van der Waals surface area contributed by atoms with Crippen LogP contribution >= 0.6 is 0 Å². The summed E-state index contributed by atoms with van der Waals surface area (Å²) in [4.78, 5) is 0. The molecule has 0 bridgehead atoms. The molecule has 1 aliphatic rings. The van der Waals surface area contributed by atoms with Gasteiger partial charge in [0.15, 0.2) is 0 Å². The molecule has 12 heavy (non-hydrogen) atoms. The Morgan fingerprint density at radius 1 is 1.25 bits per heavy atom. The molecule has 3 unspecified atom stereocenters. The third kappa shape index (κ3) is 2.22. The van der Waals surface area contributed by atoms with Gasteiger partial charge in [0, 0.05) is 6.04 Å². The molecule has 0 heterocycles. The topological polar surface area (TPSA) is 12.0 Å². The maximum atomic E-state index is 3.58. The molecule has 1 saturated carbocycles. The molecule has 0 aromatic carbocycles. The molecule has 0 amide bonds. The van der Waals surface area contributed by atoms with E-state index in [9.17, 15) is 0 Å². The third-order valence-electron chi connectivity index (χ3n) is 3.35. The normalized spacial score (nSPS) is 35.8. The Morgan fingerprint density at radius 3 is 2.58 bits per heavy atom. The number of rotatable bonds is 4. The summed E-state index contributed by atoms with van der Waals surface area (Å²) in [5, 5.41) is 3.58. The lowest BCUT2D eigenvalue weighted by Gasteiger charge is -2.20. The number of hydrogen-bond acceptors (Lipinski definition) is 1. The van der Waals surface area contributed by atoms with Crippen molar-refractivity contribution in [3.8, 4) is 0 Å². The van der Waals surface area contributed by atoms with Crippen LogP contribution in [0.5, 0.6) is 0 Å². The van der Waals surface area contributed by atoms with E-state index in [-0.39, 0.29) is 0 Å². The summed E-state index contributed by atoms with van der Waals surface area (Å²) in [6.45, 7) is 8.06. The van der Waals surface area contributed by atoms with Crippen LogP contribution in [0.15, 0.2) is 0 Å². The first-order valence-electron chi connectivity index (χ1n) is 5.53. The third-order valence-corrected chi connectivity index (χ3v) is 3.35. The van der Waals surface area contributed by atoms with Gasteiger partial charge in [-0.1, -0.05) is 33.6 Å². The van der Waals surface area contributed by atoms with Gasteiger partial charge in [-0.05, 0) is 31.2 Å². The molecule has 0 aromatic rings. The first kappa shape index (κ1) is 10.0. The van der Waals surface area contributed by atoms with E-state index in [1.165, 1.54) is 25.7 Å². The van der Waals surface area contributed by atoms with Gasteiger partial charge in [-0.3, -0.25) is 0 Å². The quantitative estimate of drug-likeness (QED) is 0.682. The predicted molar refractivity (Wildman–Crippen MR) is 54.3 cm³/mol. The lowest BCUT2D eigenvalue weighted by molar-refractivity contribution is 0.338. The summed E-state index contributed by atoms with van der Waals surface area (Å²) >= 11 is 0. The predicted octanol–water partition coefficient (Wildman–Crippen LogP) is 2.81. The van der Waals surface area contributed by atoms with Gasteiger partial charge < -0.3 is 5.32 Å². The van der Waals surface area contributed by atoms with E-state index in [0.717, 1.165) is 24.4 Å². The standard InChI is InChI=1S/C11H23N/c1-4-6-10-7-8-11(9(10)3)12-5-2/h9-12H,4-8H2,1-3H3. The molecule has 1 fully saturated rings. The van der Waals surface area contributed by atoms with Gasteiger partial charge in [-0.25, -0.2) is 0 Å². The number of hydrogen-bond donors (Lipinski definition) is 1. The molecule has 0 saturated heterocycles. The average Bonchev–Trinajstić information content (AvgIpc) is 2.38. The van der Waals surface area contributed by atoms with Crippen LogP contribution in [-0.2, 0) is 0 Å². The minimum Gasteiger partial charge on any atom is -0.314 e. The van der Waals surface area contributed by atoms with E-state index in [1.807, 2.05) is 0 Å². The van der Waals surface area contributed by atoms with Crippen LogP contribution in [0.2, 0.25) is 0 Å². The highest BCUT2D eigenvalue weighted by Gasteiger charge is 2.30. The molecule has 1 nitrogen and oxygen atoms in total. The van der Waals surface area contributed by atoms with Crippen molar-refractivity contribution < 1.29 is 0 Å². The molecular formula is C11H23N. The van der Waals surface area contributed by atoms with Crippen molar-refractivity contribution in [2.45, 2.75) is 52.5 Å². The molecule has 1 aliphatic carbocycles. The van der Waals surface area contributed by atoms with E-state index in [2.05, 4.69) is 26.1 Å². The van der Waals surface area contributed by atoms with Crippen molar-refractivity contribution in [1.82, 2.24) is 5.32 Å². The molecule has 0 aromatic heterocycles. The van der Waals surface area contributed by atoms with E-state index >= 15 is 0 Å². The first-order valence-corrected chi connectivity index (χ1v) is 5.53. The van der Waals surface area contributed by atoms with Gasteiger partial charge in [0.2, 0.25) is 0 Å². The summed E-state index contributed by atoms with van der Waals surface area (Å²) in [5.41, 5.74) is 0. The van der Waals surface area contributed by atoms with Crippen molar-refractivity contribution in [3.05, 3.63) is 0 Å². The Kier molecular flexibility index (Phi) is 4.07. The Morgan fingerprint density at radius 2 is 2.00 bits per heavy atom. The molecule has 0 radical (unpaired) electrons. The molecule has 0 spiro atoms. The highest BCUT2D eigenvalue weighted by molar-refractivity contribution is 4.86. The SMILES string of the molecule is CCCC1CCC(NCC)C1C. The molecule has 1 rings (SSSR count). The monoisotopic (exact) mass is 169 g/mol. The summed E-state index contributed by atoms with van der Waals surface area (Å²) in [6.07, 6.45) is 5.64. The Labute approximate surface area is 76.9 Å². The van der Waals surface area contributed by atoms with Crippen molar-refractivity contribution >= 4 is 0 Å². The van der Waals surface area contributed by atoms with Crippen molar-refractivity contribution in [2.75, 3.05) is 6.54 Å². The van der Waals surface area contributed by atoms with Gasteiger partial charge in [-0.15, -0.1) is 0 Å². The average molecular weight is 169 g/mol. The van der Waals surface area contributed by atoms with Gasteiger partial charge >= 0.3 is 0 Å². The van der Waals surface area contributed by atoms with E-state index in [1.54, 1.807) is 0 Å². The molecule has 1 N–H and O–H groups in total. The largest absolute Gasteiger partial charge is 0.314 e. The Hall–Kier alpha value is -0.0400. The lowest BCUT2D eigenvalue weighted by atomic mass is 9.92. The molecule has 1 heteroatoms. The van der Waals surface area contributed by atoms with Crippen LogP contribution in [0.3, 0.4) is 0 Å². The van der Waals surface area contributed by atoms with Gasteiger partial charge in [0.05, 0.1) is 0 Å². The first-order chi connectivity index (χ1) is 5.79. The minimum atomic E-state index is 0.812. The fourth-order valence-corrected chi connectivity index (χ4v) is 2.58. The zero-order chi connectivity index (χ0) is 8.97. The highest BCUT2D eigenvalue weighted by Crippen LogP contribution is 2.34. The minimum absolute atomic E-state index is 0.812. The Balaban J connectivity index is 2.32. The second-order valence-electron chi connectivity index (χ2n) is 4.15. The summed E-state index contributed by atoms with van der Waals surface area (Å²) in [6, 6.07) is 0.812. The van der Waals surface area contributed by atoms with Gasteiger partial charge in [0.1, 0.15) is 0 Å². The summed E-state index contributed by atoms with van der Waals surface area (Å²) in [7, 11) is 0. The maximum Gasteiger partial charge on any atom is 0.00953 e. The summed E-state index contributed by atoms with van der Waals surface area (Å²) < 4.78 is 0. The van der Waals surface area contributed by atoms with Crippen LogP contribution in [0.25, 0.3) is 0 Å². The van der Waals surface area contributed by atoms with Gasteiger partial charge in [-0.2, -0.15) is 0 Å². The van der Waals surface area contributed by atoms with Crippen molar-refractivity contribution in [1.29, 1.82) is 0 Å². The fourth-order valence-electron chi connectivity index (χ4n) is 2.58. The van der Waals surface area contributed by atoms with Crippen LogP contribution in [0.4, 0.5) is 0 Å². The fraction of sp³-hybridized carbons (Fsp3) is 1.00.